The van der Waals surface area contributed by atoms with Crippen LogP contribution in [0.4, 0.5) is 0 Å². The zero-order valence-corrected chi connectivity index (χ0v) is 14.2. The van der Waals surface area contributed by atoms with Gasteiger partial charge in [-0.05, 0) is 33.9 Å². The first-order valence-corrected chi connectivity index (χ1v) is 9.53. The van der Waals surface area contributed by atoms with E-state index in [2.05, 4.69) is 14.5 Å². The Morgan fingerprint density at radius 2 is 1.90 bits per heavy atom. The van der Waals surface area contributed by atoms with Gasteiger partial charge in [-0.15, -0.1) is 0 Å². The molecule has 21 heavy (non-hydrogen) atoms. The zero-order valence-electron chi connectivity index (χ0n) is 13.4. The Hall–Kier alpha value is -0.210. The van der Waals surface area contributed by atoms with E-state index in [1.165, 1.54) is 0 Å². The van der Waals surface area contributed by atoms with Crippen molar-refractivity contribution in [3.05, 3.63) is 0 Å². The van der Waals surface area contributed by atoms with Crippen LogP contribution in [0.25, 0.3) is 0 Å². The van der Waals surface area contributed by atoms with Crippen LogP contribution in [0.2, 0.25) is 0 Å². The molecular formula is C14H29N3O3S. The van der Waals surface area contributed by atoms with Crippen molar-refractivity contribution in [2.45, 2.75) is 31.8 Å². The number of nitrogens with one attached hydrogen (secondary N) is 1. The monoisotopic (exact) mass is 319 g/mol. The highest BCUT2D eigenvalue weighted by Gasteiger charge is 2.38. The van der Waals surface area contributed by atoms with E-state index in [-0.39, 0.29) is 11.8 Å². The SMILES string of the molecule is CCS(=O)(=O)N[C@@H]1CN(C2CCOCC2)C[C@H]1CN(C)C. The Kier molecular flexibility index (Phi) is 6.02. The van der Waals surface area contributed by atoms with Crippen LogP contribution in [0, 0.1) is 5.92 Å². The molecule has 6 nitrogen and oxygen atoms in total. The van der Waals surface area contributed by atoms with Crippen LogP contribution >= 0.6 is 0 Å². The molecule has 2 rings (SSSR count). The van der Waals surface area contributed by atoms with E-state index in [1.807, 2.05) is 14.1 Å². The maximum absolute atomic E-state index is 11.9. The fourth-order valence-electron chi connectivity index (χ4n) is 3.35. The molecule has 2 atom stereocenters. The summed E-state index contributed by atoms with van der Waals surface area (Å²) in [5.41, 5.74) is 0. The van der Waals surface area contributed by atoms with Gasteiger partial charge in [0.1, 0.15) is 0 Å². The lowest BCUT2D eigenvalue weighted by Crippen LogP contribution is -2.44. The van der Waals surface area contributed by atoms with Gasteiger partial charge in [-0.2, -0.15) is 0 Å². The van der Waals surface area contributed by atoms with Crippen molar-refractivity contribution >= 4 is 10.0 Å². The molecule has 0 saturated carbocycles. The van der Waals surface area contributed by atoms with Crippen LogP contribution in [-0.2, 0) is 14.8 Å². The van der Waals surface area contributed by atoms with E-state index in [9.17, 15) is 8.42 Å². The molecule has 0 radical (unpaired) electrons. The molecule has 2 saturated heterocycles. The summed E-state index contributed by atoms with van der Waals surface area (Å²) in [5.74, 6) is 0.499. The lowest BCUT2D eigenvalue weighted by atomic mass is 10.0. The summed E-state index contributed by atoms with van der Waals surface area (Å²) in [6, 6.07) is 0.569. The van der Waals surface area contributed by atoms with Gasteiger partial charge in [0, 0.05) is 50.8 Å². The van der Waals surface area contributed by atoms with E-state index < -0.39 is 10.0 Å². The van der Waals surface area contributed by atoms with E-state index in [1.54, 1.807) is 6.92 Å². The molecule has 0 aromatic rings. The van der Waals surface area contributed by atoms with Gasteiger partial charge in [0.05, 0.1) is 5.75 Å². The molecule has 0 aromatic heterocycles. The predicted molar refractivity (Wildman–Crippen MR) is 83.8 cm³/mol. The third-order valence-electron chi connectivity index (χ3n) is 4.49. The second kappa shape index (κ2) is 7.37. The molecular weight excluding hydrogens is 290 g/mol. The first-order chi connectivity index (χ1) is 9.91. The van der Waals surface area contributed by atoms with Crippen LogP contribution in [0.3, 0.4) is 0 Å². The quantitative estimate of drug-likeness (QED) is 0.745. The van der Waals surface area contributed by atoms with Gasteiger partial charge in [0.25, 0.3) is 0 Å². The van der Waals surface area contributed by atoms with E-state index in [0.717, 1.165) is 45.7 Å². The molecule has 0 aliphatic carbocycles. The van der Waals surface area contributed by atoms with Crippen molar-refractivity contribution in [2.75, 3.05) is 52.7 Å². The van der Waals surface area contributed by atoms with Crippen molar-refractivity contribution < 1.29 is 13.2 Å². The first-order valence-electron chi connectivity index (χ1n) is 7.88. The number of hydrogen-bond donors (Lipinski definition) is 1. The first kappa shape index (κ1) is 17.1. The fraction of sp³-hybridized carbons (Fsp3) is 1.00. The van der Waals surface area contributed by atoms with Crippen molar-refractivity contribution in [3.8, 4) is 0 Å². The van der Waals surface area contributed by atoms with Crippen molar-refractivity contribution in [2.24, 2.45) is 5.92 Å². The van der Waals surface area contributed by atoms with Crippen molar-refractivity contribution in [1.82, 2.24) is 14.5 Å². The highest BCUT2D eigenvalue weighted by Crippen LogP contribution is 2.25. The lowest BCUT2D eigenvalue weighted by Gasteiger charge is -2.31. The number of rotatable bonds is 6. The van der Waals surface area contributed by atoms with Gasteiger partial charge >= 0.3 is 0 Å². The number of ether oxygens (including phenoxy) is 1. The Labute approximate surface area is 128 Å². The van der Waals surface area contributed by atoms with Gasteiger partial charge in [0.2, 0.25) is 10.0 Å². The smallest absolute Gasteiger partial charge is 0.211 e. The minimum atomic E-state index is -3.15. The maximum atomic E-state index is 11.9. The van der Waals surface area contributed by atoms with Crippen molar-refractivity contribution in [3.63, 3.8) is 0 Å². The maximum Gasteiger partial charge on any atom is 0.211 e. The Morgan fingerprint density at radius 1 is 1.24 bits per heavy atom. The standard InChI is InChI=1S/C14H29N3O3S/c1-4-21(18,19)15-14-11-17(10-12(14)9-16(2)3)13-5-7-20-8-6-13/h12-15H,4-11H2,1-3H3/t12-,14-/m1/s1. The van der Waals surface area contributed by atoms with Gasteiger partial charge in [-0.25, -0.2) is 13.1 Å². The van der Waals surface area contributed by atoms with Crippen molar-refractivity contribution in [1.29, 1.82) is 0 Å². The number of hydrogen-bond acceptors (Lipinski definition) is 5. The molecule has 2 heterocycles. The van der Waals surface area contributed by atoms with Gasteiger partial charge in [-0.3, -0.25) is 4.90 Å². The third-order valence-corrected chi connectivity index (χ3v) is 5.91. The van der Waals surface area contributed by atoms with E-state index in [4.69, 9.17) is 4.74 Å². The molecule has 7 heteroatoms. The predicted octanol–water partition coefficient (Wildman–Crippen LogP) is -0.0333. The normalized spacial score (nSPS) is 29.3. The average Bonchev–Trinajstić information content (AvgIpc) is 2.81. The van der Waals surface area contributed by atoms with Crippen LogP contribution < -0.4 is 4.72 Å². The molecule has 0 aromatic carbocycles. The molecule has 124 valence electrons. The summed E-state index contributed by atoms with van der Waals surface area (Å²) < 4.78 is 32.1. The molecule has 0 bridgehead atoms. The lowest BCUT2D eigenvalue weighted by molar-refractivity contribution is 0.0405. The molecule has 2 fully saturated rings. The van der Waals surface area contributed by atoms with E-state index >= 15 is 0 Å². The van der Waals surface area contributed by atoms with Crippen LogP contribution in [0.1, 0.15) is 19.8 Å². The minimum absolute atomic E-state index is 0.0280. The van der Waals surface area contributed by atoms with Gasteiger partial charge in [-0.1, -0.05) is 0 Å². The summed E-state index contributed by atoms with van der Waals surface area (Å²) in [4.78, 5) is 4.60. The molecule has 0 amide bonds. The summed E-state index contributed by atoms with van der Waals surface area (Å²) in [7, 11) is 0.943. The van der Waals surface area contributed by atoms with Gasteiger partial charge in [0.15, 0.2) is 0 Å². The number of sulfonamides is 1. The summed E-state index contributed by atoms with van der Waals surface area (Å²) in [6.45, 7) is 6.04. The second-order valence-corrected chi connectivity index (χ2v) is 8.49. The van der Waals surface area contributed by atoms with Crippen LogP contribution in [0.5, 0.6) is 0 Å². The highest BCUT2D eigenvalue weighted by atomic mass is 32.2. The largest absolute Gasteiger partial charge is 0.381 e. The Morgan fingerprint density at radius 3 is 2.48 bits per heavy atom. The molecule has 0 spiro atoms. The molecule has 2 aliphatic heterocycles. The Bertz CT molecular complexity index is 421. The molecule has 2 aliphatic rings. The third kappa shape index (κ3) is 4.89. The second-order valence-electron chi connectivity index (χ2n) is 6.45. The summed E-state index contributed by atoms with van der Waals surface area (Å²) >= 11 is 0. The molecule has 0 unspecified atom stereocenters. The number of nitrogens with zero attached hydrogens (tertiary/aromatic N) is 2. The molecule has 1 N–H and O–H groups in total. The fourth-order valence-corrected chi connectivity index (χ4v) is 4.25. The van der Waals surface area contributed by atoms with Crippen LogP contribution in [0.15, 0.2) is 0 Å². The van der Waals surface area contributed by atoms with Gasteiger partial charge < -0.3 is 9.64 Å². The summed E-state index contributed by atoms with van der Waals surface area (Å²) in [6.07, 6.45) is 2.11. The van der Waals surface area contributed by atoms with E-state index in [0.29, 0.717) is 12.0 Å². The summed E-state index contributed by atoms with van der Waals surface area (Å²) in [5, 5.41) is 0. The van der Waals surface area contributed by atoms with Crippen LogP contribution in [-0.4, -0.2) is 83.0 Å². The highest BCUT2D eigenvalue weighted by molar-refractivity contribution is 7.89. The average molecular weight is 319 g/mol. The zero-order chi connectivity index (χ0) is 15.5. The topological polar surface area (TPSA) is 61.9 Å². The number of likely N-dealkylation sites (tertiary alicyclic amines) is 1. The minimum Gasteiger partial charge on any atom is -0.381 e. The Balaban J connectivity index is 2.01.